The molecule has 0 unspecified atom stereocenters. The van der Waals surface area contributed by atoms with Gasteiger partial charge in [-0.05, 0) is 49.2 Å². The summed E-state index contributed by atoms with van der Waals surface area (Å²) in [6.07, 6.45) is 4.71. The molecule has 9 heteroatoms. The average Bonchev–Trinajstić information content (AvgIpc) is 3.44. The Hall–Kier alpha value is -4.53. The van der Waals surface area contributed by atoms with Crippen molar-refractivity contribution in [1.29, 1.82) is 0 Å². The van der Waals surface area contributed by atoms with Crippen LogP contribution in [0.3, 0.4) is 0 Å². The number of furan rings is 1. The molecule has 1 aromatic carbocycles. The summed E-state index contributed by atoms with van der Waals surface area (Å²) < 4.78 is 8.77. The van der Waals surface area contributed by atoms with Gasteiger partial charge in [0, 0.05) is 24.5 Å². The van der Waals surface area contributed by atoms with E-state index in [0.717, 1.165) is 33.2 Å². The number of carbonyl (C=O) groups is 1. The highest BCUT2D eigenvalue weighted by Gasteiger charge is 2.20. The van der Waals surface area contributed by atoms with Crippen LogP contribution in [0.5, 0.6) is 0 Å². The van der Waals surface area contributed by atoms with Gasteiger partial charge in [-0.3, -0.25) is 19.1 Å². The van der Waals surface area contributed by atoms with Crippen LogP contribution in [0.15, 0.2) is 74.9 Å². The Balaban J connectivity index is 1.59. The van der Waals surface area contributed by atoms with E-state index >= 15 is 0 Å². The van der Waals surface area contributed by atoms with Crippen LogP contribution in [0, 0.1) is 13.8 Å². The number of nitrogen functional groups attached to an aromatic ring is 1. The molecule has 9 nitrogen and oxygen atoms in total. The van der Waals surface area contributed by atoms with Crippen molar-refractivity contribution in [2.75, 3.05) is 17.7 Å². The van der Waals surface area contributed by atoms with Gasteiger partial charge in [0.1, 0.15) is 11.6 Å². The SMILES string of the molecule is Cc1cc(/C=C/C(=O)N(C)c2c(N)n(Cc3ccccc3)c(=O)[nH]c2=O)c(C)n1Cc1ccco1. The second-order valence-electron chi connectivity index (χ2n) is 8.29. The number of likely N-dealkylation sites (N-methyl/N-ethyl adjacent to an activating group) is 1. The normalized spacial score (nSPS) is 11.3. The van der Waals surface area contributed by atoms with Gasteiger partial charge in [-0.25, -0.2) is 4.79 Å². The zero-order valence-electron chi connectivity index (χ0n) is 19.8. The number of hydrogen-bond donors (Lipinski definition) is 2. The number of rotatable bonds is 7. The van der Waals surface area contributed by atoms with Crippen molar-refractivity contribution in [3.8, 4) is 0 Å². The zero-order valence-corrected chi connectivity index (χ0v) is 19.8. The molecule has 1 amide bonds. The molecule has 3 heterocycles. The molecule has 0 aliphatic carbocycles. The maximum Gasteiger partial charge on any atom is 0.330 e. The number of aromatic amines is 1. The molecule has 180 valence electrons. The molecule has 0 aliphatic rings. The summed E-state index contributed by atoms with van der Waals surface area (Å²) in [5, 5.41) is 0. The third-order valence-corrected chi connectivity index (χ3v) is 5.98. The lowest BCUT2D eigenvalue weighted by Crippen LogP contribution is -2.39. The maximum atomic E-state index is 13.0. The summed E-state index contributed by atoms with van der Waals surface area (Å²) in [5.74, 6) is 0.296. The lowest BCUT2D eigenvalue weighted by atomic mass is 10.2. The van der Waals surface area contributed by atoms with E-state index < -0.39 is 17.2 Å². The molecular weight excluding hydrogens is 446 g/mol. The molecule has 0 spiro atoms. The van der Waals surface area contributed by atoms with Gasteiger partial charge >= 0.3 is 5.69 Å². The second kappa shape index (κ2) is 9.76. The predicted octanol–water partition coefficient (Wildman–Crippen LogP) is 2.90. The van der Waals surface area contributed by atoms with Gasteiger partial charge in [0.2, 0.25) is 0 Å². The third kappa shape index (κ3) is 4.89. The van der Waals surface area contributed by atoms with Gasteiger partial charge in [-0.1, -0.05) is 30.3 Å². The summed E-state index contributed by atoms with van der Waals surface area (Å²) >= 11 is 0. The summed E-state index contributed by atoms with van der Waals surface area (Å²) in [6, 6.07) is 15.0. The highest BCUT2D eigenvalue weighted by atomic mass is 16.3. The summed E-state index contributed by atoms with van der Waals surface area (Å²) in [7, 11) is 1.45. The van der Waals surface area contributed by atoms with Crippen LogP contribution >= 0.6 is 0 Å². The van der Waals surface area contributed by atoms with Crippen molar-refractivity contribution in [2.24, 2.45) is 0 Å². The molecule has 4 rings (SSSR count). The quantitative estimate of drug-likeness (QED) is 0.400. The topological polar surface area (TPSA) is 119 Å². The van der Waals surface area contributed by atoms with Gasteiger partial charge in [-0.2, -0.15) is 0 Å². The molecule has 0 atom stereocenters. The largest absolute Gasteiger partial charge is 0.467 e. The Morgan fingerprint density at radius 1 is 1.09 bits per heavy atom. The van der Waals surface area contributed by atoms with Crippen LogP contribution in [-0.2, 0) is 17.9 Å². The van der Waals surface area contributed by atoms with Crippen molar-refractivity contribution in [1.82, 2.24) is 14.1 Å². The van der Waals surface area contributed by atoms with E-state index in [1.807, 2.05) is 62.4 Å². The first kappa shape index (κ1) is 23.6. The molecule has 4 aromatic rings. The summed E-state index contributed by atoms with van der Waals surface area (Å²) in [6.45, 7) is 4.69. The first-order valence-corrected chi connectivity index (χ1v) is 11.1. The Morgan fingerprint density at radius 3 is 2.51 bits per heavy atom. The van der Waals surface area contributed by atoms with E-state index in [4.69, 9.17) is 10.2 Å². The number of nitrogens with two attached hydrogens (primary N) is 1. The van der Waals surface area contributed by atoms with Gasteiger partial charge < -0.3 is 19.6 Å². The van der Waals surface area contributed by atoms with Crippen molar-refractivity contribution in [2.45, 2.75) is 26.9 Å². The number of carbonyl (C=O) groups excluding carboxylic acids is 1. The number of H-pyrrole nitrogens is 1. The van der Waals surface area contributed by atoms with Crippen molar-refractivity contribution in [3.05, 3.63) is 110 Å². The predicted molar refractivity (Wildman–Crippen MR) is 135 cm³/mol. The van der Waals surface area contributed by atoms with Crippen LogP contribution < -0.4 is 21.9 Å². The zero-order chi connectivity index (χ0) is 25.1. The van der Waals surface area contributed by atoms with Gasteiger partial charge in [0.05, 0.1) is 19.4 Å². The molecule has 3 N–H and O–H groups in total. The Kier molecular flexibility index (Phi) is 6.59. The van der Waals surface area contributed by atoms with Crippen molar-refractivity contribution < 1.29 is 9.21 Å². The van der Waals surface area contributed by atoms with Gasteiger partial charge in [0.25, 0.3) is 11.5 Å². The van der Waals surface area contributed by atoms with E-state index in [1.165, 1.54) is 17.7 Å². The third-order valence-electron chi connectivity index (χ3n) is 5.98. The number of aromatic nitrogens is 3. The van der Waals surface area contributed by atoms with Crippen molar-refractivity contribution >= 4 is 23.5 Å². The Labute approximate surface area is 201 Å². The number of hydrogen-bond acceptors (Lipinski definition) is 5. The highest BCUT2D eigenvalue weighted by Crippen LogP contribution is 2.20. The van der Waals surface area contributed by atoms with Gasteiger partial charge in [-0.15, -0.1) is 0 Å². The van der Waals surface area contributed by atoms with E-state index in [9.17, 15) is 14.4 Å². The lowest BCUT2D eigenvalue weighted by molar-refractivity contribution is -0.113. The molecule has 0 saturated heterocycles. The average molecular weight is 474 g/mol. The number of anilines is 2. The van der Waals surface area contributed by atoms with Crippen LogP contribution in [0.4, 0.5) is 11.5 Å². The minimum Gasteiger partial charge on any atom is -0.467 e. The minimum absolute atomic E-state index is 0.0801. The number of nitrogens with zero attached hydrogens (tertiary/aromatic N) is 3. The second-order valence-corrected chi connectivity index (χ2v) is 8.29. The molecule has 35 heavy (non-hydrogen) atoms. The Morgan fingerprint density at radius 2 is 1.83 bits per heavy atom. The molecule has 3 aromatic heterocycles. The summed E-state index contributed by atoms with van der Waals surface area (Å²) in [5.41, 5.74) is 8.45. The molecule has 0 fully saturated rings. The maximum absolute atomic E-state index is 13.0. The minimum atomic E-state index is -0.724. The number of benzene rings is 1. The molecule has 0 saturated carbocycles. The van der Waals surface area contributed by atoms with E-state index in [2.05, 4.69) is 9.55 Å². The van der Waals surface area contributed by atoms with Crippen LogP contribution in [0.25, 0.3) is 6.08 Å². The fourth-order valence-corrected chi connectivity index (χ4v) is 4.01. The Bertz CT molecular complexity index is 1490. The lowest BCUT2D eigenvalue weighted by Gasteiger charge is -2.19. The van der Waals surface area contributed by atoms with Crippen LogP contribution in [0.2, 0.25) is 0 Å². The van der Waals surface area contributed by atoms with E-state index in [-0.39, 0.29) is 18.1 Å². The summed E-state index contributed by atoms with van der Waals surface area (Å²) in [4.78, 5) is 41.3. The number of aryl methyl sites for hydroxylation is 1. The highest BCUT2D eigenvalue weighted by molar-refractivity contribution is 6.04. The number of nitrogens with one attached hydrogen (secondary N) is 1. The fourth-order valence-electron chi connectivity index (χ4n) is 4.01. The smallest absolute Gasteiger partial charge is 0.330 e. The number of amides is 1. The first-order valence-electron chi connectivity index (χ1n) is 11.1. The first-order chi connectivity index (χ1) is 16.8. The molecule has 0 bridgehead atoms. The fraction of sp³-hybridized carbons (Fsp3) is 0.192. The van der Waals surface area contributed by atoms with E-state index in [1.54, 1.807) is 12.3 Å². The molecule has 0 aliphatic heterocycles. The van der Waals surface area contributed by atoms with Crippen molar-refractivity contribution in [3.63, 3.8) is 0 Å². The molecule has 0 radical (unpaired) electrons. The van der Waals surface area contributed by atoms with Crippen LogP contribution in [-0.4, -0.2) is 27.1 Å². The van der Waals surface area contributed by atoms with Crippen LogP contribution in [0.1, 0.15) is 28.3 Å². The standard InChI is InChI=1S/C26H27N5O4/c1-17-14-20(18(2)30(17)16-21-10-7-13-35-21)11-12-22(32)29(3)23-24(27)31(26(34)28-25(23)33)15-19-8-5-4-6-9-19/h4-14H,15-16,27H2,1-3H3,(H,28,33,34)/b12-11+. The van der Waals surface area contributed by atoms with Gasteiger partial charge in [0.15, 0.2) is 5.69 Å². The van der Waals surface area contributed by atoms with E-state index in [0.29, 0.717) is 6.54 Å². The monoisotopic (exact) mass is 473 g/mol. The molecular formula is C26H27N5O4.